The van der Waals surface area contributed by atoms with Gasteiger partial charge in [-0.3, -0.25) is 24.6 Å². The molecule has 0 bridgehead atoms. The van der Waals surface area contributed by atoms with Crippen LogP contribution in [-0.4, -0.2) is 45.1 Å². The van der Waals surface area contributed by atoms with Crippen molar-refractivity contribution in [3.63, 3.8) is 0 Å². The minimum Gasteiger partial charge on any atom is -0.396 e. The third-order valence-electron chi connectivity index (χ3n) is 3.29. The molecule has 0 unspecified atom stereocenters. The SMILES string of the molecule is CC(C)N1C(=O)C(SCCO)=C(c2ccc([N+](=O)[O-])cc2)C1=O. The van der Waals surface area contributed by atoms with Crippen molar-refractivity contribution < 1.29 is 19.6 Å². The molecule has 1 N–H and O–H groups in total. The van der Waals surface area contributed by atoms with Crippen LogP contribution in [0.25, 0.3) is 5.57 Å². The van der Waals surface area contributed by atoms with Crippen LogP contribution < -0.4 is 0 Å². The number of rotatable bonds is 6. The summed E-state index contributed by atoms with van der Waals surface area (Å²) in [6.07, 6.45) is 0. The molecule has 23 heavy (non-hydrogen) atoms. The summed E-state index contributed by atoms with van der Waals surface area (Å²) in [6, 6.07) is 5.22. The quantitative estimate of drug-likeness (QED) is 0.483. The van der Waals surface area contributed by atoms with Crippen molar-refractivity contribution >= 4 is 34.8 Å². The minimum absolute atomic E-state index is 0.0867. The van der Waals surface area contributed by atoms with Crippen LogP contribution in [0.2, 0.25) is 0 Å². The number of imide groups is 1. The topological polar surface area (TPSA) is 101 Å². The van der Waals surface area contributed by atoms with Gasteiger partial charge in [0, 0.05) is 23.9 Å². The van der Waals surface area contributed by atoms with E-state index in [-0.39, 0.29) is 34.6 Å². The van der Waals surface area contributed by atoms with Crippen molar-refractivity contribution in [3.05, 3.63) is 44.8 Å². The Kier molecular flexibility index (Phi) is 5.17. The molecule has 0 atom stereocenters. The lowest BCUT2D eigenvalue weighted by atomic mass is 10.1. The number of thioether (sulfide) groups is 1. The first-order valence-electron chi connectivity index (χ1n) is 6.99. The molecule has 0 aliphatic carbocycles. The number of hydrogen-bond donors (Lipinski definition) is 1. The van der Waals surface area contributed by atoms with E-state index in [0.717, 1.165) is 16.7 Å². The first-order valence-corrected chi connectivity index (χ1v) is 7.97. The number of non-ortho nitro benzene ring substituents is 1. The van der Waals surface area contributed by atoms with Crippen LogP contribution in [0.15, 0.2) is 29.2 Å². The van der Waals surface area contributed by atoms with Gasteiger partial charge in [-0.1, -0.05) is 0 Å². The second-order valence-electron chi connectivity index (χ2n) is 5.15. The second-order valence-corrected chi connectivity index (χ2v) is 6.26. The average Bonchev–Trinajstić information content (AvgIpc) is 2.75. The predicted molar refractivity (Wildman–Crippen MR) is 86.5 cm³/mol. The molecule has 1 aromatic rings. The number of nitrogens with zero attached hydrogens (tertiary/aromatic N) is 2. The van der Waals surface area contributed by atoms with Gasteiger partial charge in [0.2, 0.25) is 0 Å². The molecule has 0 saturated heterocycles. The van der Waals surface area contributed by atoms with E-state index in [2.05, 4.69) is 0 Å². The van der Waals surface area contributed by atoms with E-state index in [1.165, 1.54) is 24.3 Å². The Morgan fingerprint density at radius 2 is 1.83 bits per heavy atom. The van der Waals surface area contributed by atoms with Gasteiger partial charge in [0.1, 0.15) is 0 Å². The molecule has 0 spiro atoms. The van der Waals surface area contributed by atoms with Gasteiger partial charge < -0.3 is 5.11 Å². The number of amides is 2. The van der Waals surface area contributed by atoms with Crippen molar-refractivity contribution in [2.75, 3.05) is 12.4 Å². The summed E-state index contributed by atoms with van der Waals surface area (Å²) in [5, 5.41) is 19.7. The summed E-state index contributed by atoms with van der Waals surface area (Å²) < 4.78 is 0. The van der Waals surface area contributed by atoms with Crippen LogP contribution in [0.4, 0.5) is 5.69 Å². The maximum atomic E-state index is 12.6. The Morgan fingerprint density at radius 1 is 1.22 bits per heavy atom. The molecular weight excluding hydrogens is 320 g/mol. The summed E-state index contributed by atoms with van der Waals surface area (Å²) in [6.45, 7) is 3.36. The van der Waals surface area contributed by atoms with Gasteiger partial charge in [-0.05, 0) is 31.5 Å². The Hall–Kier alpha value is -2.19. The highest BCUT2D eigenvalue weighted by Crippen LogP contribution is 2.37. The van der Waals surface area contributed by atoms with Crippen LogP contribution >= 0.6 is 11.8 Å². The lowest BCUT2D eigenvalue weighted by Crippen LogP contribution is -2.37. The fourth-order valence-corrected chi connectivity index (χ4v) is 3.15. The highest BCUT2D eigenvalue weighted by molar-refractivity contribution is 8.04. The fraction of sp³-hybridized carbons (Fsp3) is 0.333. The minimum atomic E-state index is -0.526. The number of nitro benzene ring substituents is 1. The van der Waals surface area contributed by atoms with E-state index in [9.17, 15) is 19.7 Å². The van der Waals surface area contributed by atoms with Crippen molar-refractivity contribution in [2.45, 2.75) is 19.9 Å². The molecule has 1 aliphatic heterocycles. The third kappa shape index (κ3) is 3.27. The number of carbonyl (C=O) groups excluding carboxylic acids is 2. The van der Waals surface area contributed by atoms with E-state index in [1.807, 2.05) is 0 Å². The van der Waals surface area contributed by atoms with Gasteiger partial charge in [0.15, 0.2) is 0 Å². The zero-order valence-electron chi connectivity index (χ0n) is 12.7. The van der Waals surface area contributed by atoms with Crippen LogP contribution in [0.3, 0.4) is 0 Å². The molecule has 0 radical (unpaired) electrons. The summed E-state index contributed by atoms with van der Waals surface area (Å²) in [5.41, 5.74) is 0.603. The molecule has 122 valence electrons. The number of carbonyl (C=O) groups is 2. The largest absolute Gasteiger partial charge is 0.396 e. The van der Waals surface area contributed by atoms with Gasteiger partial charge in [0.25, 0.3) is 17.5 Å². The Balaban J connectivity index is 2.48. The maximum absolute atomic E-state index is 12.6. The second kappa shape index (κ2) is 6.93. The summed E-state index contributed by atoms with van der Waals surface area (Å²) >= 11 is 1.11. The molecule has 1 aliphatic rings. The summed E-state index contributed by atoms with van der Waals surface area (Å²) in [5.74, 6) is -0.521. The molecule has 1 aromatic carbocycles. The van der Waals surface area contributed by atoms with Gasteiger partial charge in [-0.2, -0.15) is 0 Å². The Morgan fingerprint density at radius 3 is 2.30 bits per heavy atom. The van der Waals surface area contributed by atoms with Crippen molar-refractivity contribution in [1.82, 2.24) is 4.90 Å². The fourth-order valence-electron chi connectivity index (χ4n) is 2.28. The average molecular weight is 336 g/mol. The van der Waals surface area contributed by atoms with E-state index >= 15 is 0 Å². The Labute approximate surface area is 137 Å². The zero-order chi connectivity index (χ0) is 17.1. The van der Waals surface area contributed by atoms with E-state index in [4.69, 9.17) is 5.11 Å². The maximum Gasteiger partial charge on any atom is 0.269 e. The zero-order valence-corrected chi connectivity index (χ0v) is 13.5. The third-order valence-corrected chi connectivity index (χ3v) is 4.35. The normalized spacial score (nSPS) is 15.0. The van der Waals surface area contributed by atoms with E-state index in [0.29, 0.717) is 5.56 Å². The number of aliphatic hydroxyl groups excluding tert-OH is 1. The monoisotopic (exact) mass is 336 g/mol. The highest BCUT2D eigenvalue weighted by Gasteiger charge is 2.40. The van der Waals surface area contributed by atoms with Crippen molar-refractivity contribution in [1.29, 1.82) is 0 Å². The number of aliphatic hydroxyl groups is 1. The first kappa shape index (κ1) is 17.2. The molecule has 0 aromatic heterocycles. The molecule has 0 fully saturated rings. The lowest BCUT2D eigenvalue weighted by molar-refractivity contribution is -0.384. The van der Waals surface area contributed by atoms with E-state index < -0.39 is 16.7 Å². The van der Waals surface area contributed by atoms with Gasteiger partial charge in [0.05, 0.1) is 22.0 Å². The Bertz CT molecular complexity index is 682. The lowest BCUT2D eigenvalue weighted by Gasteiger charge is -2.19. The van der Waals surface area contributed by atoms with Crippen LogP contribution in [-0.2, 0) is 9.59 Å². The van der Waals surface area contributed by atoms with Crippen molar-refractivity contribution in [3.8, 4) is 0 Å². The molecule has 7 nitrogen and oxygen atoms in total. The number of benzene rings is 1. The molecule has 0 saturated carbocycles. The summed E-state index contributed by atoms with van der Waals surface area (Å²) in [4.78, 5) is 36.7. The molecule has 2 rings (SSSR count). The van der Waals surface area contributed by atoms with Crippen molar-refractivity contribution in [2.24, 2.45) is 0 Å². The van der Waals surface area contributed by atoms with Crippen LogP contribution in [0.5, 0.6) is 0 Å². The summed E-state index contributed by atoms with van der Waals surface area (Å²) in [7, 11) is 0. The van der Waals surface area contributed by atoms with Crippen LogP contribution in [0.1, 0.15) is 19.4 Å². The van der Waals surface area contributed by atoms with Crippen LogP contribution in [0, 0.1) is 10.1 Å². The van der Waals surface area contributed by atoms with Gasteiger partial charge in [-0.25, -0.2) is 0 Å². The number of hydrogen-bond acceptors (Lipinski definition) is 6. The molecule has 2 amide bonds. The number of nitro groups is 1. The van der Waals surface area contributed by atoms with Gasteiger partial charge in [-0.15, -0.1) is 11.8 Å². The highest BCUT2D eigenvalue weighted by atomic mass is 32.2. The molecular formula is C15H16N2O5S. The van der Waals surface area contributed by atoms with E-state index in [1.54, 1.807) is 13.8 Å². The molecule has 8 heteroatoms. The molecule has 1 heterocycles. The standard InChI is InChI=1S/C15H16N2O5S/c1-9(2)16-14(19)12(13(15(16)20)23-8-7-18)10-3-5-11(6-4-10)17(21)22/h3-6,9,18H,7-8H2,1-2H3. The first-order chi connectivity index (χ1) is 10.9. The smallest absolute Gasteiger partial charge is 0.269 e. The van der Waals surface area contributed by atoms with Gasteiger partial charge >= 0.3 is 0 Å². The predicted octanol–water partition coefficient (Wildman–Crippen LogP) is 1.81.